The first-order chi connectivity index (χ1) is 6.83. The lowest BCUT2D eigenvalue weighted by atomic mass is 10.2. The number of nitrogens with two attached hydrogens (primary N) is 1. The maximum atomic E-state index is 5.42. The molecule has 0 saturated heterocycles. The SMILES string of the molecule is Cc1ccc(CNCCCCCN)s1. The summed E-state index contributed by atoms with van der Waals surface area (Å²) in [5.74, 6) is 0. The smallest absolute Gasteiger partial charge is 0.0299 e. The van der Waals surface area contributed by atoms with Crippen molar-refractivity contribution in [3.63, 3.8) is 0 Å². The van der Waals surface area contributed by atoms with Crippen LogP contribution < -0.4 is 11.1 Å². The van der Waals surface area contributed by atoms with E-state index in [2.05, 4.69) is 24.4 Å². The van der Waals surface area contributed by atoms with Gasteiger partial charge in [0.2, 0.25) is 0 Å². The van der Waals surface area contributed by atoms with Crippen LogP contribution in [-0.4, -0.2) is 13.1 Å². The molecule has 1 aromatic heterocycles. The molecule has 0 aliphatic rings. The molecule has 1 heterocycles. The van der Waals surface area contributed by atoms with Gasteiger partial charge in [-0.25, -0.2) is 0 Å². The molecule has 3 N–H and O–H groups in total. The van der Waals surface area contributed by atoms with Crippen LogP contribution in [-0.2, 0) is 6.54 Å². The highest BCUT2D eigenvalue weighted by Crippen LogP contribution is 2.14. The fourth-order valence-electron chi connectivity index (χ4n) is 1.36. The number of thiophene rings is 1. The largest absolute Gasteiger partial charge is 0.330 e. The van der Waals surface area contributed by atoms with Crippen LogP contribution in [0.25, 0.3) is 0 Å². The molecule has 80 valence electrons. The van der Waals surface area contributed by atoms with E-state index in [0.717, 1.165) is 26.1 Å². The Morgan fingerprint density at radius 1 is 1.29 bits per heavy atom. The van der Waals surface area contributed by atoms with Gasteiger partial charge < -0.3 is 11.1 Å². The van der Waals surface area contributed by atoms with E-state index in [4.69, 9.17) is 5.73 Å². The van der Waals surface area contributed by atoms with Crippen molar-refractivity contribution < 1.29 is 0 Å². The van der Waals surface area contributed by atoms with Crippen molar-refractivity contribution in [3.8, 4) is 0 Å². The summed E-state index contributed by atoms with van der Waals surface area (Å²) in [5.41, 5.74) is 5.42. The predicted octanol–water partition coefficient (Wildman–Crippen LogP) is 2.28. The minimum Gasteiger partial charge on any atom is -0.330 e. The Kier molecular flexibility index (Phi) is 5.83. The third-order valence-electron chi connectivity index (χ3n) is 2.15. The molecule has 2 nitrogen and oxygen atoms in total. The summed E-state index contributed by atoms with van der Waals surface area (Å²) in [6.07, 6.45) is 3.63. The fourth-order valence-corrected chi connectivity index (χ4v) is 2.22. The van der Waals surface area contributed by atoms with E-state index < -0.39 is 0 Å². The van der Waals surface area contributed by atoms with E-state index in [1.165, 1.54) is 22.6 Å². The van der Waals surface area contributed by atoms with Gasteiger partial charge in [-0.3, -0.25) is 0 Å². The van der Waals surface area contributed by atoms with E-state index in [9.17, 15) is 0 Å². The summed E-state index contributed by atoms with van der Waals surface area (Å²) >= 11 is 1.87. The van der Waals surface area contributed by atoms with E-state index in [1.54, 1.807) is 0 Å². The molecule has 0 aromatic carbocycles. The van der Waals surface area contributed by atoms with Gasteiger partial charge in [0.05, 0.1) is 0 Å². The average Bonchev–Trinajstić information content (AvgIpc) is 2.58. The molecule has 0 unspecified atom stereocenters. The second-order valence-corrected chi connectivity index (χ2v) is 4.91. The number of unbranched alkanes of at least 4 members (excludes halogenated alkanes) is 2. The predicted molar refractivity (Wildman–Crippen MR) is 63.7 cm³/mol. The normalized spacial score (nSPS) is 10.7. The number of nitrogens with one attached hydrogen (secondary N) is 1. The molecule has 0 saturated carbocycles. The Hall–Kier alpha value is -0.380. The maximum absolute atomic E-state index is 5.42. The first-order valence-corrected chi connectivity index (χ1v) is 6.10. The fraction of sp³-hybridized carbons (Fsp3) is 0.636. The van der Waals surface area contributed by atoms with E-state index in [-0.39, 0.29) is 0 Å². The van der Waals surface area contributed by atoms with Crippen LogP contribution in [0.3, 0.4) is 0 Å². The summed E-state index contributed by atoms with van der Waals surface area (Å²) in [6.45, 7) is 5.09. The number of hydrogen-bond acceptors (Lipinski definition) is 3. The summed E-state index contributed by atoms with van der Waals surface area (Å²) < 4.78 is 0. The van der Waals surface area contributed by atoms with Crippen LogP contribution in [0.15, 0.2) is 12.1 Å². The number of aryl methyl sites for hydroxylation is 1. The summed E-state index contributed by atoms with van der Waals surface area (Å²) in [6, 6.07) is 4.38. The van der Waals surface area contributed by atoms with Crippen molar-refractivity contribution in [1.82, 2.24) is 5.32 Å². The van der Waals surface area contributed by atoms with Crippen LogP contribution >= 0.6 is 11.3 Å². The van der Waals surface area contributed by atoms with E-state index in [0.29, 0.717) is 0 Å². The molecule has 0 amide bonds. The Morgan fingerprint density at radius 3 is 2.79 bits per heavy atom. The first kappa shape index (κ1) is 11.7. The number of hydrogen-bond donors (Lipinski definition) is 2. The van der Waals surface area contributed by atoms with Crippen LogP contribution in [0, 0.1) is 6.92 Å². The van der Waals surface area contributed by atoms with Gasteiger partial charge in [-0.1, -0.05) is 6.42 Å². The Bertz CT molecular complexity index is 245. The third-order valence-corrected chi connectivity index (χ3v) is 3.15. The molecule has 0 spiro atoms. The van der Waals surface area contributed by atoms with Crippen LogP contribution in [0.5, 0.6) is 0 Å². The lowest BCUT2D eigenvalue weighted by Gasteiger charge is -2.02. The molecule has 1 rings (SSSR count). The topological polar surface area (TPSA) is 38.0 Å². The highest BCUT2D eigenvalue weighted by atomic mass is 32.1. The standard InChI is InChI=1S/C11H20N2S/c1-10-5-6-11(14-10)9-13-8-4-2-3-7-12/h5-6,13H,2-4,7-9,12H2,1H3. The zero-order valence-corrected chi connectivity index (χ0v) is 9.70. The van der Waals surface area contributed by atoms with Gasteiger partial charge in [0.15, 0.2) is 0 Å². The second kappa shape index (κ2) is 6.98. The van der Waals surface area contributed by atoms with Crippen molar-refractivity contribution in [2.75, 3.05) is 13.1 Å². The van der Waals surface area contributed by atoms with Gasteiger partial charge in [0.25, 0.3) is 0 Å². The van der Waals surface area contributed by atoms with Gasteiger partial charge in [0, 0.05) is 16.3 Å². The van der Waals surface area contributed by atoms with Gasteiger partial charge in [-0.2, -0.15) is 0 Å². The monoisotopic (exact) mass is 212 g/mol. The average molecular weight is 212 g/mol. The highest BCUT2D eigenvalue weighted by molar-refractivity contribution is 7.11. The lowest BCUT2D eigenvalue weighted by molar-refractivity contribution is 0.609. The van der Waals surface area contributed by atoms with Crippen molar-refractivity contribution in [2.24, 2.45) is 5.73 Å². The quantitative estimate of drug-likeness (QED) is 0.680. The molecule has 14 heavy (non-hydrogen) atoms. The second-order valence-electron chi connectivity index (χ2n) is 3.54. The van der Waals surface area contributed by atoms with Crippen molar-refractivity contribution in [2.45, 2.75) is 32.7 Å². The molecule has 3 heteroatoms. The summed E-state index contributed by atoms with van der Waals surface area (Å²) in [5, 5.41) is 3.44. The van der Waals surface area contributed by atoms with Crippen molar-refractivity contribution in [3.05, 3.63) is 21.9 Å². The molecule has 0 fully saturated rings. The molecule has 0 atom stereocenters. The van der Waals surface area contributed by atoms with Crippen LogP contribution in [0.4, 0.5) is 0 Å². The highest BCUT2D eigenvalue weighted by Gasteiger charge is 1.95. The molecule has 0 bridgehead atoms. The minimum absolute atomic E-state index is 0.824. The van der Waals surface area contributed by atoms with E-state index in [1.807, 2.05) is 11.3 Å². The third kappa shape index (κ3) is 4.74. The van der Waals surface area contributed by atoms with E-state index >= 15 is 0 Å². The Morgan fingerprint density at radius 2 is 2.14 bits per heavy atom. The zero-order chi connectivity index (χ0) is 10.2. The van der Waals surface area contributed by atoms with Gasteiger partial charge >= 0.3 is 0 Å². The van der Waals surface area contributed by atoms with Gasteiger partial charge in [-0.05, 0) is 45.0 Å². The first-order valence-electron chi connectivity index (χ1n) is 5.29. The zero-order valence-electron chi connectivity index (χ0n) is 8.88. The van der Waals surface area contributed by atoms with Gasteiger partial charge in [-0.15, -0.1) is 11.3 Å². The van der Waals surface area contributed by atoms with Crippen molar-refractivity contribution in [1.29, 1.82) is 0 Å². The number of rotatable bonds is 7. The van der Waals surface area contributed by atoms with Gasteiger partial charge in [0.1, 0.15) is 0 Å². The molecule has 1 aromatic rings. The van der Waals surface area contributed by atoms with Crippen LogP contribution in [0.2, 0.25) is 0 Å². The molecular formula is C11H20N2S. The van der Waals surface area contributed by atoms with Crippen LogP contribution in [0.1, 0.15) is 29.0 Å². The minimum atomic E-state index is 0.824. The Balaban J connectivity index is 1.99. The molecule has 0 aliphatic heterocycles. The molecule has 0 aliphatic carbocycles. The maximum Gasteiger partial charge on any atom is 0.0299 e. The summed E-state index contributed by atoms with van der Waals surface area (Å²) in [7, 11) is 0. The lowest BCUT2D eigenvalue weighted by Crippen LogP contribution is -2.14. The molecule has 0 radical (unpaired) electrons. The van der Waals surface area contributed by atoms with Crippen molar-refractivity contribution >= 4 is 11.3 Å². The Labute approximate surface area is 90.5 Å². The molecular weight excluding hydrogens is 192 g/mol. The summed E-state index contributed by atoms with van der Waals surface area (Å²) in [4.78, 5) is 2.83.